The molecule has 1 aliphatic carbocycles. The molecule has 29 heavy (non-hydrogen) atoms. The first-order valence-electron chi connectivity index (χ1n) is 9.98. The minimum Gasteiger partial charge on any atom is -0.325 e. The van der Waals surface area contributed by atoms with E-state index in [2.05, 4.69) is 15.6 Å². The van der Waals surface area contributed by atoms with E-state index in [4.69, 9.17) is 0 Å². The zero-order valence-corrected chi connectivity index (χ0v) is 16.2. The van der Waals surface area contributed by atoms with Gasteiger partial charge in [-0.25, -0.2) is 4.79 Å². The summed E-state index contributed by atoms with van der Waals surface area (Å²) in [5, 5.41) is 5.59. The third kappa shape index (κ3) is 4.13. The van der Waals surface area contributed by atoms with Gasteiger partial charge in [-0.15, -0.1) is 0 Å². The van der Waals surface area contributed by atoms with Gasteiger partial charge in [-0.1, -0.05) is 31.4 Å². The lowest BCUT2D eigenvalue weighted by molar-refractivity contribution is -0.134. The van der Waals surface area contributed by atoms with Gasteiger partial charge in [0.1, 0.15) is 12.1 Å². The largest absolute Gasteiger partial charge is 0.325 e. The van der Waals surface area contributed by atoms with Gasteiger partial charge in [-0.05, 0) is 54.7 Å². The van der Waals surface area contributed by atoms with Crippen molar-refractivity contribution < 1.29 is 14.4 Å². The number of anilines is 1. The molecule has 0 unspecified atom stereocenters. The SMILES string of the molecule is O=C(CN1C(=O)NC2(CCCCC2)C1=O)Nc1ccc(Cc2ccncc2)cc1. The number of nitrogens with one attached hydrogen (secondary N) is 2. The summed E-state index contributed by atoms with van der Waals surface area (Å²) < 4.78 is 0. The van der Waals surface area contributed by atoms with Crippen molar-refractivity contribution in [2.45, 2.75) is 44.1 Å². The van der Waals surface area contributed by atoms with Crippen LogP contribution in [0.2, 0.25) is 0 Å². The Balaban J connectivity index is 1.35. The zero-order chi connectivity index (χ0) is 20.3. The van der Waals surface area contributed by atoms with E-state index in [-0.39, 0.29) is 18.4 Å². The summed E-state index contributed by atoms with van der Waals surface area (Å²) in [6, 6.07) is 11.0. The fraction of sp³-hybridized carbons (Fsp3) is 0.364. The van der Waals surface area contributed by atoms with Crippen LogP contribution in [0, 0.1) is 0 Å². The first-order chi connectivity index (χ1) is 14.1. The lowest BCUT2D eigenvalue weighted by atomic mass is 9.82. The Morgan fingerprint density at radius 3 is 2.34 bits per heavy atom. The molecule has 2 N–H and O–H groups in total. The maximum absolute atomic E-state index is 12.8. The average Bonchev–Trinajstić information content (AvgIpc) is 2.95. The van der Waals surface area contributed by atoms with E-state index in [1.807, 2.05) is 36.4 Å². The van der Waals surface area contributed by atoms with Crippen LogP contribution in [0.25, 0.3) is 0 Å². The number of carbonyl (C=O) groups excluding carboxylic acids is 3. The van der Waals surface area contributed by atoms with Crippen molar-refractivity contribution in [2.24, 2.45) is 0 Å². The molecular formula is C22H24N4O3. The molecule has 1 aliphatic heterocycles. The average molecular weight is 392 g/mol. The quantitative estimate of drug-likeness (QED) is 0.766. The van der Waals surface area contributed by atoms with Gasteiger partial charge in [-0.2, -0.15) is 0 Å². The summed E-state index contributed by atoms with van der Waals surface area (Å²) in [6.45, 7) is -0.273. The van der Waals surface area contributed by atoms with E-state index in [0.29, 0.717) is 18.5 Å². The van der Waals surface area contributed by atoms with Crippen molar-refractivity contribution in [1.82, 2.24) is 15.2 Å². The number of amides is 4. The van der Waals surface area contributed by atoms with Gasteiger partial charge in [0.25, 0.3) is 5.91 Å². The summed E-state index contributed by atoms with van der Waals surface area (Å²) in [7, 11) is 0. The van der Waals surface area contributed by atoms with Crippen LogP contribution in [-0.2, 0) is 16.0 Å². The second-order valence-electron chi connectivity index (χ2n) is 7.74. The number of aromatic nitrogens is 1. The monoisotopic (exact) mass is 392 g/mol. The molecule has 1 saturated heterocycles. The molecule has 7 nitrogen and oxygen atoms in total. The van der Waals surface area contributed by atoms with Crippen LogP contribution in [-0.4, -0.2) is 39.8 Å². The van der Waals surface area contributed by atoms with E-state index in [1.165, 1.54) is 0 Å². The Morgan fingerprint density at radius 1 is 1.00 bits per heavy atom. The summed E-state index contributed by atoms with van der Waals surface area (Å²) in [4.78, 5) is 42.5. The second kappa shape index (κ2) is 8.03. The highest BCUT2D eigenvalue weighted by atomic mass is 16.2. The molecule has 0 atom stereocenters. The molecule has 4 rings (SSSR count). The first-order valence-corrected chi connectivity index (χ1v) is 9.98. The maximum Gasteiger partial charge on any atom is 0.325 e. The minimum absolute atomic E-state index is 0.273. The predicted molar refractivity (Wildman–Crippen MR) is 108 cm³/mol. The smallest absolute Gasteiger partial charge is 0.325 e. The Morgan fingerprint density at radius 2 is 1.66 bits per heavy atom. The molecule has 2 heterocycles. The molecule has 7 heteroatoms. The van der Waals surface area contributed by atoms with E-state index >= 15 is 0 Å². The summed E-state index contributed by atoms with van der Waals surface area (Å²) in [5.74, 6) is -0.659. The van der Waals surface area contributed by atoms with Gasteiger partial charge in [0.05, 0.1) is 0 Å². The molecule has 2 aromatic rings. The Bertz CT molecular complexity index is 905. The number of nitrogens with zero attached hydrogens (tertiary/aromatic N) is 2. The molecule has 1 saturated carbocycles. The van der Waals surface area contributed by atoms with Gasteiger partial charge < -0.3 is 10.6 Å². The first kappa shape index (κ1) is 19.1. The maximum atomic E-state index is 12.8. The topological polar surface area (TPSA) is 91.4 Å². The molecule has 2 fully saturated rings. The zero-order valence-electron chi connectivity index (χ0n) is 16.2. The molecule has 1 aromatic heterocycles. The number of imide groups is 1. The standard InChI is InChI=1S/C22H24N4O3/c27-19(15-26-20(28)22(25-21(26)29)10-2-1-3-11-22)24-18-6-4-16(5-7-18)14-17-8-12-23-13-9-17/h4-9,12-13H,1-3,10-11,14-15H2,(H,24,27)(H,25,29). The van der Waals surface area contributed by atoms with Gasteiger partial charge in [0.15, 0.2) is 0 Å². The number of carbonyl (C=O) groups is 3. The van der Waals surface area contributed by atoms with Crippen molar-refractivity contribution in [3.05, 3.63) is 59.9 Å². The molecule has 2 aliphatic rings. The van der Waals surface area contributed by atoms with Crippen LogP contribution in [0.5, 0.6) is 0 Å². The Hall–Kier alpha value is -3.22. The number of rotatable bonds is 5. The molecule has 1 spiro atoms. The third-order valence-electron chi connectivity index (χ3n) is 5.65. The normalized spacial score (nSPS) is 18.0. The van der Waals surface area contributed by atoms with Gasteiger partial charge in [0, 0.05) is 18.1 Å². The van der Waals surface area contributed by atoms with Crippen LogP contribution < -0.4 is 10.6 Å². The molecule has 0 bridgehead atoms. The van der Waals surface area contributed by atoms with Gasteiger partial charge in [0.2, 0.25) is 5.91 Å². The number of hydrogen-bond acceptors (Lipinski definition) is 4. The fourth-order valence-corrected chi connectivity index (χ4v) is 4.10. The number of benzene rings is 1. The highest BCUT2D eigenvalue weighted by Crippen LogP contribution is 2.33. The lowest BCUT2D eigenvalue weighted by Gasteiger charge is -2.30. The predicted octanol–water partition coefficient (Wildman–Crippen LogP) is 2.87. The van der Waals surface area contributed by atoms with Crippen LogP contribution >= 0.6 is 0 Å². The van der Waals surface area contributed by atoms with Crippen molar-refractivity contribution in [1.29, 1.82) is 0 Å². The number of hydrogen-bond donors (Lipinski definition) is 2. The van der Waals surface area contributed by atoms with Crippen molar-refractivity contribution in [3.8, 4) is 0 Å². The lowest BCUT2D eigenvalue weighted by Crippen LogP contribution is -2.48. The fourth-order valence-electron chi connectivity index (χ4n) is 4.10. The molecule has 1 aromatic carbocycles. The van der Waals surface area contributed by atoms with Crippen LogP contribution in [0.4, 0.5) is 10.5 Å². The summed E-state index contributed by atoms with van der Waals surface area (Å²) in [5.41, 5.74) is 2.10. The molecule has 150 valence electrons. The number of pyridine rings is 1. The highest BCUT2D eigenvalue weighted by Gasteiger charge is 2.51. The van der Waals surface area contributed by atoms with Crippen LogP contribution in [0.3, 0.4) is 0 Å². The van der Waals surface area contributed by atoms with Crippen LogP contribution in [0.1, 0.15) is 43.2 Å². The Kier molecular flexibility index (Phi) is 5.29. The van der Waals surface area contributed by atoms with Crippen molar-refractivity contribution in [3.63, 3.8) is 0 Å². The minimum atomic E-state index is -0.801. The van der Waals surface area contributed by atoms with E-state index in [1.54, 1.807) is 12.4 Å². The third-order valence-corrected chi connectivity index (χ3v) is 5.65. The summed E-state index contributed by atoms with van der Waals surface area (Å²) >= 11 is 0. The van der Waals surface area contributed by atoms with Crippen molar-refractivity contribution in [2.75, 3.05) is 11.9 Å². The van der Waals surface area contributed by atoms with Gasteiger partial charge >= 0.3 is 6.03 Å². The summed E-state index contributed by atoms with van der Waals surface area (Å²) in [6.07, 6.45) is 8.50. The van der Waals surface area contributed by atoms with E-state index in [9.17, 15) is 14.4 Å². The molecule has 4 amide bonds. The highest BCUT2D eigenvalue weighted by molar-refractivity contribution is 6.10. The van der Waals surface area contributed by atoms with Gasteiger partial charge in [-0.3, -0.25) is 19.5 Å². The molecular weight excluding hydrogens is 368 g/mol. The van der Waals surface area contributed by atoms with E-state index < -0.39 is 11.6 Å². The molecule has 0 radical (unpaired) electrons. The Labute approximate surface area is 169 Å². The second-order valence-corrected chi connectivity index (χ2v) is 7.74. The van der Waals surface area contributed by atoms with E-state index in [0.717, 1.165) is 41.7 Å². The van der Waals surface area contributed by atoms with Crippen LogP contribution in [0.15, 0.2) is 48.8 Å². The number of urea groups is 1. The van der Waals surface area contributed by atoms with Crippen molar-refractivity contribution >= 4 is 23.5 Å².